The molecule has 1 N–H and O–H groups in total. The van der Waals surface area contributed by atoms with E-state index in [1.807, 2.05) is 49.3 Å². The quantitative estimate of drug-likeness (QED) is 0.278. The third-order valence-corrected chi connectivity index (χ3v) is 6.10. The van der Waals surface area contributed by atoms with Crippen molar-refractivity contribution < 1.29 is 9.53 Å². The van der Waals surface area contributed by atoms with E-state index in [2.05, 4.69) is 77.5 Å². The van der Waals surface area contributed by atoms with Crippen molar-refractivity contribution in [2.24, 2.45) is 0 Å². The van der Waals surface area contributed by atoms with Gasteiger partial charge in [0.2, 0.25) is 6.41 Å². The predicted molar refractivity (Wildman–Crippen MR) is 152 cm³/mol. The number of likely N-dealkylation sites (N-methyl/N-ethyl adjacent to an activating group) is 1. The van der Waals surface area contributed by atoms with Gasteiger partial charge in [-0.15, -0.1) is 0 Å². The van der Waals surface area contributed by atoms with E-state index in [4.69, 9.17) is 4.74 Å². The highest BCUT2D eigenvalue weighted by molar-refractivity contribution is 5.45. The maximum absolute atomic E-state index is 9.66. The fraction of sp³-hybridized carbons (Fsp3) is 0.344. The third kappa shape index (κ3) is 10.9. The summed E-state index contributed by atoms with van der Waals surface area (Å²) in [5, 5.41) is 2.56. The van der Waals surface area contributed by atoms with E-state index < -0.39 is 0 Å². The highest BCUT2D eigenvalue weighted by Gasteiger charge is 2.20. The Bertz CT molecular complexity index is 1130. The highest BCUT2D eigenvalue weighted by Crippen LogP contribution is 2.21. The van der Waals surface area contributed by atoms with Gasteiger partial charge in [-0.2, -0.15) is 0 Å². The molecule has 4 rings (SSSR count). The molecule has 3 aromatic rings. The van der Waals surface area contributed by atoms with Crippen LogP contribution in [0.1, 0.15) is 35.1 Å². The van der Waals surface area contributed by atoms with Crippen molar-refractivity contribution in [3.8, 4) is 17.6 Å². The molecule has 37 heavy (non-hydrogen) atoms. The second-order valence-electron chi connectivity index (χ2n) is 9.60. The van der Waals surface area contributed by atoms with Crippen molar-refractivity contribution >= 4 is 6.41 Å². The van der Waals surface area contributed by atoms with Gasteiger partial charge < -0.3 is 15.0 Å². The molecule has 3 aromatic carbocycles. The Morgan fingerprint density at radius 2 is 1.62 bits per heavy atom. The average Bonchev–Trinajstić information content (AvgIpc) is 2.90. The number of likely N-dealkylation sites (tertiary alicyclic amines) is 1. The van der Waals surface area contributed by atoms with Crippen LogP contribution in [-0.4, -0.2) is 62.6 Å². The van der Waals surface area contributed by atoms with Crippen LogP contribution in [0.3, 0.4) is 0 Å². The fourth-order valence-corrected chi connectivity index (χ4v) is 4.03. The van der Waals surface area contributed by atoms with Crippen LogP contribution >= 0.6 is 0 Å². The summed E-state index contributed by atoms with van der Waals surface area (Å²) in [6, 6.07) is 27.1. The van der Waals surface area contributed by atoms with Crippen LogP contribution in [0.5, 0.6) is 5.75 Å². The first kappa shape index (κ1) is 28.0. The normalized spacial score (nSPS) is 13.6. The molecule has 0 aliphatic carbocycles. The van der Waals surface area contributed by atoms with Gasteiger partial charge in [0.05, 0.1) is 0 Å². The molecule has 1 saturated heterocycles. The second kappa shape index (κ2) is 15.5. The average molecular weight is 498 g/mol. The number of carbonyl (C=O) groups is 1. The number of hydrogen-bond acceptors (Lipinski definition) is 4. The molecule has 5 nitrogen and oxygen atoms in total. The van der Waals surface area contributed by atoms with E-state index in [0.29, 0.717) is 12.5 Å². The number of nitrogens with zero attached hydrogens (tertiary/aromatic N) is 2. The van der Waals surface area contributed by atoms with Crippen molar-refractivity contribution in [1.82, 2.24) is 15.1 Å². The first-order valence-corrected chi connectivity index (χ1v) is 13.0. The van der Waals surface area contributed by atoms with Crippen LogP contribution in [0.15, 0.2) is 78.9 Å². The topological polar surface area (TPSA) is 44.8 Å². The summed E-state index contributed by atoms with van der Waals surface area (Å²) in [6.45, 7) is 6.88. The lowest BCUT2D eigenvalue weighted by molar-refractivity contribution is -0.109. The summed E-state index contributed by atoms with van der Waals surface area (Å²) in [5.74, 6) is 7.46. The standard InChI is InChI=1S/C27H27NO.C5H12N2O/c1-22-6-5-9-27(20-22)29-26-16-18-28(19-17-26)21-25-14-12-24(13-15-25)11-10-23-7-3-2-4-8-23;1-7(2)4-3-6-5-8/h2-9,12-15,20,26H,16-19,21H2,1H3;5H,3-4H2,1-2H3,(H,6,8). The van der Waals surface area contributed by atoms with E-state index in [9.17, 15) is 4.79 Å². The maximum atomic E-state index is 9.66. The maximum Gasteiger partial charge on any atom is 0.207 e. The molecule has 1 aliphatic heterocycles. The van der Waals surface area contributed by atoms with Gasteiger partial charge in [0.25, 0.3) is 0 Å². The zero-order chi connectivity index (χ0) is 26.3. The Morgan fingerprint density at radius 3 is 2.24 bits per heavy atom. The van der Waals surface area contributed by atoms with Crippen LogP contribution in [0.4, 0.5) is 0 Å². The molecular weight excluding hydrogens is 458 g/mol. The number of ether oxygens (including phenoxy) is 1. The first-order valence-electron chi connectivity index (χ1n) is 13.0. The largest absolute Gasteiger partial charge is 0.490 e. The number of carbonyl (C=O) groups excluding carboxylic acids is 1. The van der Waals surface area contributed by atoms with Crippen molar-refractivity contribution in [2.45, 2.75) is 32.4 Å². The van der Waals surface area contributed by atoms with Gasteiger partial charge in [0, 0.05) is 43.9 Å². The summed E-state index contributed by atoms with van der Waals surface area (Å²) in [7, 11) is 3.93. The Kier molecular flexibility index (Phi) is 11.7. The lowest BCUT2D eigenvalue weighted by atomic mass is 10.1. The predicted octanol–water partition coefficient (Wildman–Crippen LogP) is 4.73. The Balaban J connectivity index is 0.000000414. The number of benzene rings is 3. The van der Waals surface area contributed by atoms with Crippen LogP contribution in [0, 0.1) is 18.8 Å². The van der Waals surface area contributed by atoms with Gasteiger partial charge in [-0.25, -0.2) is 0 Å². The Hall–Kier alpha value is -3.59. The van der Waals surface area contributed by atoms with Crippen molar-refractivity contribution in [2.75, 3.05) is 40.3 Å². The Labute approximate surface area is 222 Å². The summed E-state index contributed by atoms with van der Waals surface area (Å²) in [5.41, 5.74) is 4.69. The first-order chi connectivity index (χ1) is 18.0. The molecule has 1 amide bonds. The molecule has 0 unspecified atom stereocenters. The molecule has 0 radical (unpaired) electrons. The Morgan fingerprint density at radius 1 is 0.946 bits per heavy atom. The number of hydrogen-bond donors (Lipinski definition) is 1. The summed E-state index contributed by atoms with van der Waals surface area (Å²) in [4.78, 5) is 14.2. The van der Waals surface area contributed by atoms with Gasteiger partial charge >= 0.3 is 0 Å². The molecule has 1 fully saturated rings. The van der Waals surface area contributed by atoms with Crippen molar-refractivity contribution in [3.63, 3.8) is 0 Å². The van der Waals surface area contributed by atoms with E-state index in [0.717, 1.165) is 62.4 Å². The minimum Gasteiger partial charge on any atom is -0.490 e. The lowest BCUT2D eigenvalue weighted by Gasteiger charge is -2.32. The molecular formula is C32H39N3O2. The van der Waals surface area contributed by atoms with Gasteiger partial charge in [0.1, 0.15) is 11.9 Å². The monoisotopic (exact) mass is 497 g/mol. The summed E-state index contributed by atoms with van der Waals surface area (Å²) < 4.78 is 6.17. The number of amides is 1. The van der Waals surface area contributed by atoms with Gasteiger partial charge in [-0.05, 0) is 81.4 Å². The molecule has 194 valence electrons. The van der Waals surface area contributed by atoms with Crippen LogP contribution in [0.25, 0.3) is 0 Å². The number of rotatable bonds is 8. The minimum absolute atomic E-state index is 0.323. The fourth-order valence-electron chi connectivity index (χ4n) is 4.03. The SMILES string of the molecule is CN(C)CCNC=O.Cc1cccc(OC2CCN(Cc3ccc(C#Cc4ccccc4)cc3)CC2)c1. The van der Waals surface area contributed by atoms with Gasteiger partial charge in [0.15, 0.2) is 0 Å². The minimum atomic E-state index is 0.323. The van der Waals surface area contributed by atoms with E-state index >= 15 is 0 Å². The number of piperidine rings is 1. The molecule has 5 heteroatoms. The van der Waals surface area contributed by atoms with Crippen molar-refractivity contribution in [3.05, 3.63) is 101 Å². The van der Waals surface area contributed by atoms with Gasteiger partial charge in [-0.1, -0.05) is 54.3 Å². The lowest BCUT2D eigenvalue weighted by Crippen LogP contribution is -2.37. The highest BCUT2D eigenvalue weighted by atomic mass is 16.5. The summed E-state index contributed by atoms with van der Waals surface area (Å²) >= 11 is 0. The van der Waals surface area contributed by atoms with Crippen LogP contribution in [0.2, 0.25) is 0 Å². The number of aryl methyl sites for hydroxylation is 1. The molecule has 0 spiro atoms. The smallest absolute Gasteiger partial charge is 0.207 e. The molecule has 0 saturated carbocycles. The van der Waals surface area contributed by atoms with Crippen molar-refractivity contribution in [1.29, 1.82) is 0 Å². The summed E-state index contributed by atoms with van der Waals surface area (Å²) in [6.07, 6.45) is 3.19. The van der Waals surface area contributed by atoms with E-state index in [1.54, 1.807) is 0 Å². The zero-order valence-corrected chi connectivity index (χ0v) is 22.3. The van der Waals surface area contributed by atoms with E-state index in [-0.39, 0.29) is 0 Å². The molecule has 1 heterocycles. The molecule has 1 aliphatic rings. The molecule has 0 aromatic heterocycles. The molecule has 0 bridgehead atoms. The number of nitrogens with one attached hydrogen (secondary N) is 1. The third-order valence-electron chi connectivity index (χ3n) is 6.10. The van der Waals surface area contributed by atoms with Gasteiger partial charge in [-0.3, -0.25) is 9.69 Å². The second-order valence-corrected chi connectivity index (χ2v) is 9.60. The van der Waals surface area contributed by atoms with E-state index in [1.165, 1.54) is 11.1 Å². The zero-order valence-electron chi connectivity index (χ0n) is 22.3. The van der Waals surface area contributed by atoms with Crippen LogP contribution in [-0.2, 0) is 11.3 Å². The van der Waals surface area contributed by atoms with Crippen LogP contribution < -0.4 is 10.1 Å². The molecule has 0 atom stereocenters.